The zero-order valence-electron chi connectivity index (χ0n) is 9.41. The second-order valence-electron chi connectivity index (χ2n) is 3.67. The fourth-order valence-corrected chi connectivity index (χ4v) is 1.34. The Morgan fingerprint density at radius 1 is 1.38 bits per heavy atom. The summed E-state index contributed by atoms with van der Waals surface area (Å²) in [5.74, 6) is 0.0821. The molecule has 0 unspecified atom stereocenters. The molecular formula is C13H18N2O. The van der Waals surface area contributed by atoms with Crippen molar-refractivity contribution in [2.45, 2.75) is 19.3 Å². The van der Waals surface area contributed by atoms with Gasteiger partial charge < -0.3 is 11.1 Å². The second-order valence-corrected chi connectivity index (χ2v) is 3.67. The maximum atomic E-state index is 11.4. The van der Waals surface area contributed by atoms with Gasteiger partial charge in [-0.05, 0) is 30.5 Å². The van der Waals surface area contributed by atoms with Crippen LogP contribution in [0.2, 0.25) is 0 Å². The average molecular weight is 218 g/mol. The van der Waals surface area contributed by atoms with Gasteiger partial charge in [-0.2, -0.15) is 0 Å². The molecule has 0 atom stereocenters. The van der Waals surface area contributed by atoms with Crippen LogP contribution in [0.15, 0.2) is 36.9 Å². The molecule has 1 aromatic rings. The molecule has 0 aliphatic rings. The number of carbonyl (C=O) groups is 1. The van der Waals surface area contributed by atoms with Crippen LogP contribution in [0.5, 0.6) is 0 Å². The van der Waals surface area contributed by atoms with Crippen LogP contribution >= 0.6 is 0 Å². The number of hydrogen-bond donors (Lipinski definition) is 2. The van der Waals surface area contributed by atoms with Gasteiger partial charge in [-0.1, -0.05) is 18.2 Å². The van der Waals surface area contributed by atoms with Crippen LogP contribution in [0.3, 0.4) is 0 Å². The summed E-state index contributed by atoms with van der Waals surface area (Å²) in [6.45, 7) is 4.27. The van der Waals surface area contributed by atoms with Gasteiger partial charge in [0.2, 0.25) is 5.91 Å². The highest BCUT2D eigenvalue weighted by atomic mass is 16.1. The number of nitrogens with two attached hydrogens (primary N) is 1. The average Bonchev–Trinajstić information content (AvgIpc) is 2.29. The first-order valence-electron chi connectivity index (χ1n) is 5.44. The van der Waals surface area contributed by atoms with E-state index in [0.29, 0.717) is 13.0 Å². The Morgan fingerprint density at radius 2 is 2.06 bits per heavy atom. The van der Waals surface area contributed by atoms with Gasteiger partial charge in [0.25, 0.3) is 0 Å². The molecule has 1 rings (SSSR count). The molecule has 0 radical (unpaired) electrons. The SMILES string of the molecule is C=CCCNC(=O)CCc1ccc(N)cc1. The Balaban J connectivity index is 2.26. The van der Waals surface area contributed by atoms with Crippen LogP contribution in [-0.4, -0.2) is 12.5 Å². The molecule has 0 aliphatic carbocycles. The zero-order chi connectivity index (χ0) is 11.8. The normalized spacial score (nSPS) is 9.75. The van der Waals surface area contributed by atoms with Crippen molar-refractivity contribution < 1.29 is 4.79 Å². The predicted molar refractivity (Wildman–Crippen MR) is 67.0 cm³/mol. The summed E-state index contributed by atoms with van der Waals surface area (Å²) < 4.78 is 0. The van der Waals surface area contributed by atoms with E-state index >= 15 is 0 Å². The van der Waals surface area contributed by atoms with E-state index in [-0.39, 0.29) is 5.91 Å². The number of benzene rings is 1. The minimum absolute atomic E-state index is 0.0821. The molecule has 1 aromatic carbocycles. The molecule has 0 fully saturated rings. The van der Waals surface area contributed by atoms with Crippen molar-refractivity contribution >= 4 is 11.6 Å². The van der Waals surface area contributed by atoms with Gasteiger partial charge in [0.15, 0.2) is 0 Å². The van der Waals surface area contributed by atoms with Crippen LogP contribution in [0, 0.1) is 0 Å². The summed E-state index contributed by atoms with van der Waals surface area (Å²) in [4.78, 5) is 11.4. The largest absolute Gasteiger partial charge is 0.399 e. The van der Waals surface area contributed by atoms with Crippen LogP contribution < -0.4 is 11.1 Å². The Labute approximate surface area is 96.3 Å². The van der Waals surface area contributed by atoms with Gasteiger partial charge in [-0.25, -0.2) is 0 Å². The van der Waals surface area contributed by atoms with Crippen LogP contribution in [-0.2, 0) is 11.2 Å². The van der Waals surface area contributed by atoms with Crippen molar-refractivity contribution in [1.82, 2.24) is 5.32 Å². The zero-order valence-corrected chi connectivity index (χ0v) is 9.41. The van der Waals surface area contributed by atoms with E-state index in [1.807, 2.05) is 24.3 Å². The Hall–Kier alpha value is -1.77. The molecule has 0 saturated carbocycles. The first-order chi connectivity index (χ1) is 7.72. The molecular weight excluding hydrogens is 200 g/mol. The lowest BCUT2D eigenvalue weighted by Gasteiger charge is -2.04. The van der Waals surface area contributed by atoms with Gasteiger partial charge in [0.1, 0.15) is 0 Å². The van der Waals surface area contributed by atoms with E-state index in [1.54, 1.807) is 6.08 Å². The highest BCUT2D eigenvalue weighted by Crippen LogP contribution is 2.07. The molecule has 0 spiro atoms. The van der Waals surface area contributed by atoms with Crippen molar-refractivity contribution in [3.63, 3.8) is 0 Å². The molecule has 3 N–H and O–H groups in total. The molecule has 0 aromatic heterocycles. The van der Waals surface area contributed by atoms with Gasteiger partial charge >= 0.3 is 0 Å². The lowest BCUT2D eigenvalue weighted by molar-refractivity contribution is -0.121. The number of aryl methyl sites for hydroxylation is 1. The molecule has 3 heteroatoms. The van der Waals surface area contributed by atoms with Gasteiger partial charge in [-0.15, -0.1) is 6.58 Å². The maximum absolute atomic E-state index is 11.4. The highest BCUT2D eigenvalue weighted by molar-refractivity contribution is 5.76. The molecule has 16 heavy (non-hydrogen) atoms. The van der Waals surface area contributed by atoms with Crippen molar-refractivity contribution in [3.05, 3.63) is 42.5 Å². The molecule has 3 nitrogen and oxygen atoms in total. The fourth-order valence-electron chi connectivity index (χ4n) is 1.34. The predicted octanol–water partition coefficient (Wildman–Crippen LogP) is 1.89. The van der Waals surface area contributed by atoms with Crippen molar-refractivity contribution in [2.75, 3.05) is 12.3 Å². The lowest BCUT2D eigenvalue weighted by Crippen LogP contribution is -2.24. The second kappa shape index (κ2) is 6.67. The van der Waals surface area contributed by atoms with E-state index in [9.17, 15) is 4.79 Å². The fraction of sp³-hybridized carbons (Fsp3) is 0.308. The number of hydrogen-bond acceptors (Lipinski definition) is 2. The van der Waals surface area contributed by atoms with Gasteiger partial charge in [0.05, 0.1) is 0 Å². The van der Waals surface area contributed by atoms with Crippen LogP contribution in [0.25, 0.3) is 0 Å². The molecule has 0 heterocycles. The molecule has 1 amide bonds. The number of nitrogens with one attached hydrogen (secondary N) is 1. The monoisotopic (exact) mass is 218 g/mol. The van der Waals surface area contributed by atoms with Crippen molar-refractivity contribution in [1.29, 1.82) is 0 Å². The number of carbonyl (C=O) groups excluding carboxylic acids is 1. The van der Waals surface area contributed by atoms with E-state index in [1.165, 1.54) is 0 Å². The van der Waals surface area contributed by atoms with E-state index in [0.717, 1.165) is 24.1 Å². The quantitative estimate of drug-likeness (QED) is 0.435. The van der Waals surface area contributed by atoms with E-state index in [4.69, 9.17) is 5.73 Å². The van der Waals surface area contributed by atoms with Gasteiger partial charge in [0, 0.05) is 18.7 Å². The summed E-state index contributed by atoms with van der Waals surface area (Å²) >= 11 is 0. The summed E-state index contributed by atoms with van der Waals surface area (Å²) in [6, 6.07) is 7.61. The Kier molecular flexibility index (Phi) is 5.12. The Morgan fingerprint density at radius 3 is 2.69 bits per heavy atom. The molecule has 0 aliphatic heterocycles. The molecule has 0 bridgehead atoms. The summed E-state index contributed by atoms with van der Waals surface area (Å²) in [6.07, 6.45) is 3.87. The van der Waals surface area contributed by atoms with Crippen molar-refractivity contribution in [2.24, 2.45) is 0 Å². The minimum atomic E-state index is 0.0821. The third kappa shape index (κ3) is 4.64. The topological polar surface area (TPSA) is 55.1 Å². The van der Waals surface area contributed by atoms with E-state index in [2.05, 4.69) is 11.9 Å². The van der Waals surface area contributed by atoms with Crippen LogP contribution in [0.1, 0.15) is 18.4 Å². The standard InChI is InChI=1S/C13H18N2O/c1-2-3-10-15-13(16)9-6-11-4-7-12(14)8-5-11/h2,4-5,7-8H,1,3,6,9-10,14H2,(H,15,16). The number of amides is 1. The third-order valence-electron chi connectivity index (χ3n) is 2.29. The number of nitrogen functional groups attached to an aromatic ring is 1. The first kappa shape index (κ1) is 12.3. The molecule has 86 valence electrons. The third-order valence-corrected chi connectivity index (χ3v) is 2.29. The summed E-state index contributed by atoms with van der Waals surface area (Å²) in [5, 5.41) is 2.83. The number of anilines is 1. The summed E-state index contributed by atoms with van der Waals surface area (Å²) in [5.41, 5.74) is 7.46. The molecule has 0 saturated heterocycles. The van der Waals surface area contributed by atoms with Gasteiger partial charge in [-0.3, -0.25) is 4.79 Å². The van der Waals surface area contributed by atoms with E-state index < -0.39 is 0 Å². The minimum Gasteiger partial charge on any atom is -0.399 e. The first-order valence-corrected chi connectivity index (χ1v) is 5.44. The van der Waals surface area contributed by atoms with Crippen molar-refractivity contribution in [3.8, 4) is 0 Å². The Bertz CT molecular complexity index is 343. The maximum Gasteiger partial charge on any atom is 0.220 e. The summed E-state index contributed by atoms with van der Waals surface area (Å²) in [7, 11) is 0. The highest BCUT2D eigenvalue weighted by Gasteiger charge is 2.00. The lowest BCUT2D eigenvalue weighted by atomic mass is 10.1. The smallest absolute Gasteiger partial charge is 0.220 e. The van der Waals surface area contributed by atoms with Crippen LogP contribution in [0.4, 0.5) is 5.69 Å². The number of rotatable bonds is 6.